The van der Waals surface area contributed by atoms with E-state index in [1.807, 2.05) is 62.6 Å². The number of hydrogen-bond donors (Lipinski definition) is 3. The molecule has 39 heavy (non-hydrogen) atoms. The number of hydrogen-bond acceptors (Lipinski definition) is 5. The summed E-state index contributed by atoms with van der Waals surface area (Å²) in [5.74, 6) is -0.0826. The van der Waals surface area contributed by atoms with Crippen molar-refractivity contribution in [3.8, 4) is 5.88 Å². The normalized spacial score (nSPS) is 12.2. The van der Waals surface area contributed by atoms with E-state index in [0.29, 0.717) is 27.9 Å². The number of nitrogens with zero attached hydrogens (tertiary/aromatic N) is 2. The Hall–Kier alpha value is -4.40. The summed E-state index contributed by atoms with van der Waals surface area (Å²) < 4.78 is 29.0. The van der Waals surface area contributed by atoms with Crippen LogP contribution in [0, 0.1) is 0 Å². The van der Waals surface area contributed by atoms with Gasteiger partial charge in [-0.05, 0) is 68.5 Å². The minimum Gasteiger partial charge on any atom is -0.494 e. The molecule has 0 atom stereocenters. The number of anilines is 1. The van der Waals surface area contributed by atoms with Crippen molar-refractivity contribution < 1.29 is 13.5 Å². The zero-order chi connectivity index (χ0) is 27.4. The number of aromatic hydroxyl groups is 1. The Morgan fingerprint density at radius 1 is 0.897 bits per heavy atom. The van der Waals surface area contributed by atoms with Gasteiger partial charge in [0.1, 0.15) is 0 Å². The molecule has 198 valence electrons. The quantitative estimate of drug-likeness (QED) is 0.202. The van der Waals surface area contributed by atoms with Crippen LogP contribution in [-0.4, -0.2) is 49.8 Å². The minimum atomic E-state index is -3.87. The number of sulfonamides is 1. The minimum absolute atomic E-state index is 0.0803. The molecule has 3 N–H and O–H groups in total. The van der Waals surface area contributed by atoms with Gasteiger partial charge in [-0.2, -0.15) is 0 Å². The van der Waals surface area contributed by atoms with E-state index in [-0.39, 0.29) is 10.8 Å². The van der Waals surface area contributed by atoms with E-state index in [1.54, 1.807) is 36.4 Å². The van der Waals surface area contributed by atoms with Crippen LogP contribution in [0.25, 0.3) is 10.9 Å². The molecule has 0 amide bonds. The van der Waals surface area contributed by atoms with Crippen LogP contribution in [-0.2, 0) is 16.4 Å². The topological polar surface area (TPSA) is 97.8 Å². The predicted octanol–water partition coefficient (Wildman–Crippen LogP) is 5.95. The Kier molecular flexibility index (Phi) is 7.49. The van der Waals surface area contributed by atoms with Crippen molar-refractivity contribution in [2.45, 2.75) is 11.3 Å². The van der Waals surface area contributed by atoms with Gasteiger partial charge in [0, 0.05) is 28.7 Å². The van der Waals surface area contributed by atoms with Gasteiger partial charge in [-0.1, -0.05) is 60.7 Å². The highest BCUT2D eigenvalue weighted by molar-refractivity contribution is 7.92. The molecular formula is C31H30N4O3S. The summed E-state index contributed by atoms with van der Waals surface area (Å²) in [4.78, 5) is 10.1. The molecule has 0 saturated heterocycles. The summed E-state index contributed by atoms with van der Waals surface area (Å²) in [5, 5.41) is 11.6. The van der Waals surface area contributed by atoms with Crippen LogP contribution in [0.4, 0.5) is 11.4 Å². The molecule has 1 aromatic heterocycles. The standard InChI is InChI=1S/C31H30N4O3S/c1-35(2)20-19-22-13-15-24(16-14-22)32-30(23-9-5-3-6-10-23)29-27-21-26(17-18-28(27)33-31(29)36)39(37,38)34-25-11-7-4-8-12-25/h3-18,21,33-34,36H,19-20H2,1-2H3. The Labute approximate surface area is 228 Å². The smallest absolute Gasteiger partial charge is 0.261 e. The van der Waals surface area contributed by atoms with Gasteiger partial charge in [0.15, 0.2) is 5.88 Å². The third kappa shape index (κ3) is 6.03. The Morgan fingerprint density at radius 3 is 2.23 bits per heavy atom. The zero-order valence-corrected chi connectivity index (χ0v) is 22.6. The maximum absolute atomic E-state index is 13.2. The van der Waals surface area contributed by atoms with E-state index >= 15 is 0 Å². The first-order valence-corrected chi connectivity index (χ1v) is 14.1. The maximum Gasteiger partial charge on any atom is 0.261 e. The molecular weight excluding hydrogens is 508 g/mol. The number of likely N-dealkylation sites (N-methyl/N-ethyl adjacent to an activating group) is 1. The summed E-state index contributed by atoms with van der Waals surface area (Å²) in [7, 11) is 0.230. The van der Waals surface area contributed by atoms with Crippen LogP contribution >= 0.6 is 0 Å². The average Bonchev–Trinajstić information content (AvgIpc) is 3.26. The fraction of sp³-hybridized carbons (Fsp3) is 0.129. The first-order chi connectivity index (χ1) is 18.8. The summed E-state index contributed by atoms with van der Waals surface area (Å²) in [6, 6.07) is 31.0. The maximum atomic E-state index is 13.2. The highest BCUT2D eigenvalue weighted by Gasteiger charge is 2.22. The number of aromatic nitrogens is 1. The highest BCUT2D eigenvalue weighted by Crippen LogP contribution is 2.33. The number of para-hydroxylation sites is 1. The lowest BCUT2D eigenvalue weighted by Gasteiger charge is -2.11. The molecule has 0 spiro atoms. The second-order valence-corrected chi connectivity index (χ2v) is 11.3. The molecule has 0 aliphatic heterocycles. The molecule has 5 rings (SSSR count). The van der Waals surface area contributed by atoms with E-state index in [2.05, 4.69) is 26.7 Å². The lowest BCUT2D eigenvalue weighted by atomic mass is 10.0. The molecule has 4 aromatic carbocycles. The summed E-state index contributed by atoms with van der Waals surface area (Å²) >= 11 is 0. The number of H-pyrrole nitrogens is 1. The fourth-order valence-corrected chi connectivity index (χ4v) is 5.45. The van der Waals surface area contributed by atoms with Crippen molar-refractivity contribution in [1.82, 2.24) is 9.88 Å². The molecule has 0 aliphatic rings. The third-order valence-electron chi connectivity index (χ3n) is 6.40. The first kappa shape index (κ1) is 26.2. The summed E-state index contributed by atoms with van der Waals surface area (Å²) in [6.45, 7) is 0.950. The van der Waals surface area contributed by atoms with Crippen LogP contribution in [0.15, 0.2) is 113 Å². The molecule has 7 nitrogen and oxygen atoms in total. The molecule has 0 bridgehead atoms. The monoisotopic (exact) mass is 538 g/mol. The van der Waals surface area contributed by atoms with Gasteiger partial charge in [-0.15, -0.1) is 0 Å². The van der Waals surface area contributed by atoms with Gasteiger partial charge in [0.2, 0.25) is 0 Å². The molecule has 8 heteroatoms. The second-order valence-electron chi connectivity index (χ2n) is 9.57. The van der Waals surface area contributed by atoms with Crippen molar-refractivity contribution in [2.75, 3.05) is 25.4 Å². The number of nitrogens with one attached hydrogen (secondary N) is 2. The van der Waals surface area contributed by atoms with Crippen LogP contribution in [0.2, 0.25) is 0 Å². The number of aliphatic imine (C=N–C) groups is 1. The third-order valence-corrected chi connectivity index (χ3v) is 7.77. The largest absolute Gasteiger partial charge is 0.494 e. The van der Waals surface area contributed by atoms with Crippen LogP contribution in [0.3, 0.4) is 0 Å². The van der Waals surface area contributed by atoms with Crippen molar-refractivity contribution in [2.24, 2.45) is 4.99 Å². The van der Waals surface area contributed by atoms with Crippen molar-refractivity contribution in [3.63, 3.8) is 0 Å². The Morgan fingerprint density at radius 2 is 1.56 bits per heavy atom. The van der Waals surface area contributed by atoms with Gasteiger partial charge in [-0.25, -0.2) is 13.4 Å². The first-order valence-electron chi connectivity index (χ1n) is 12.6. The second kappa shape index (κ2) is 11.1. The van der Waals surface area contributed by atoms with Gasteiger partial charge in [-0.3, -0.25) is 4.72 Å². The SMILES string of the molecule is CN(C)CCc1ccc(N=C(c2ccccc2)c2c(O)[nH]c3ccc(S(=O)(=O)Nc4ccccc4)cc23)cc1. The molecule has 0 fully saturated rings. The summed E-state index contributed by atoms with van der Waals surface area (Å²) in [5.41, 5.74) is 4.76. The van der Waals surface area contributed by atoms with Crippen molar-refractivity contribution >= 4 is 38.0 Å². The molecule has 0 radical (unpaired) electrons. The van der Waals surface area contributed by atoms with E-state index in [0.717, 1.165) is 24.2 Å². The predicted molar refractivity (Wildman–Crippen MR) is 158 cm³/mol. The van der Waals surface area contributed by atoms with E-state index in [4.69, 9.17) is 4.99 Å². The molecule has 0 unspecified atom stereocenters. The zero-order valence-electron chi connectivity index (χ0n) is 21.8. The van der Waals surface area contributed by atoms with Crippen LogP contribution in [0.5, 0.6) is 5.88 Å². The fourth-order valence-electron chi connectivity index (χ4n) is 4.36. The van der Waals surface area contributed by atoms with E-state index in [1.165, 1.54) is 11.6 Å². The lowest BCUT2D eigenvalue weighted by Crippen LogP contribution is -2.14. The van der Waals surface area contributed by atoms with E-state index in [9.17, 15) is 13.5 Å². The molecule has 0 saturated carbocycles. The number of aromatic amines is 1. The lowest BCUT2D eigenvalue weighted by molar-refractivity contribution is 0.413. The van der Waals surface area contributed by atoms with E-state index < -0.39 is 10.0 Å². The van der Waals surface area contributed by atoms with Crippen molar-refractivity contribution in [1.29, 1.82) is 0 Å². The van der Waals surface area contributed by atoms with Gasteiger partial charge in [0.25, 0.3) is 10.0 Å². The van der Waals surface area contributed by atoms with Crippen LogP contribution < -0.4 is 4.72 Å². The number of rotatable bonds is 9. The number of benzene rings is 4. The van der Waals surface area contributed by atoms with Gasteiger partial charge >= 0.3 is 0 Å². The van der Waals surface area contributed by atoms with Crippen LogP contribution in [0.1, 0.15) is 16.7 Å². The molecule has 5 aromatic rings. The molecule has 1 heterocycles. The summed E-state index contributed by atoms with van der Waals surface area (Å²) in [6.07, 6.45) is 0.931. The molecule has 0 aliphatic carbocycles. The average molecular weight is 539 g/mol. The Bertz CT molecular complexity index is 1710. The van der Waals surface area contributed by atoms with Gasteiger partial charge in [0.05, 0.1) is 21.9 Å². The Balaban J connectivity index is 1.59. The van der Waals surface area contributed by atoms with Crippen molar-refractivity contribution in [3.05, 3.63) is 120 Å². The number of fused-ring (bicyclic) bond motifs is 1. The highest BCUT2D eigenvalue weighted by atomic mass is 32.2. The van der Waals surface area contributed by atoms with Gasteiger partial charge < -0.3 is 15.0 Å².